The van der Waals surface area contributed by atoms with Gasteiger partial charge in [0.1, 0.15) is 6.33 Å². The molecule has 0 atom stereocenters. The van der Waals surface area contributed by atoms with Crippen molar-refractivity contribution in [2.24, 2.45) is 0 Å². The Morgan fingerprint density at radius 2 is 2.27 bits per heavy atom. The highest BCUT2D eigenvalue weighted by molar-refractivity contribution is 5.53. The highest BCUT2D eigenvalue weighted by Gasteiger charge is 2.26. The van der Waals surface area contributed by atoms with Gasteiger partial charge >= 0.3 is 0 Å². The van der Waals surface area contributed by atoms with Crippen molar-refractivity contribution in [1.29, 1.82) is 0 Å². The zero-order valence-corrected chi connectivity index (χ0v) is 8.05. The van der Waals surface area contributed by atoms with E-state index >= 15 is 0 Å². The van der Waals surface area contributed by atoms with Gasteiger partial charge in [0, 0.05) is 23.9 Å². The molecule has 0 spiro atoms. The van der Waals surface area contributed by atoms with Crippen LogP contribution in [0.15, 0.2) is 29.5 Å². The Balaban J connectivity index is 2.07. The van der Waals surface area contributed by atoms with Gasteiger partial charge in [-0.1, -0.05) is 0 Å². The lowest BCUT2D eigenvalue weighted by atomic mass is 10.2. The Morgan fingerprint density at radius 3 is 2.93 bits per heavy atom. The van der Waals surface area contributed by atoms with Crippen molar-refractivity contribution in [2.45, 2.75) is 18.9 Å². The molecule has 2 heterocycles. The van der Waals surface area contributed by atoms with E-state index in [9.17, 15) is 4.79 Å². The lowest BCUT2D eigenvalue weighted by Gasteiger charge is -2.03. The number of aromatic nitrogens is 4. The molecule has 1 N–H and O–H groups in total. The van der Waals surface area contributed by atoms with Crippen molar-refractivity contribution in [3.63, 3.8) is 0 Å². The molecule has 0 aromatic carbocycles. The summed E-state index contributed by atoms with van der Waals surface area (Å²) in [5, 5.41) is 7.97. The second-order valence-corrected chi connectivity index (χ2v) is 3.73. The number of hydrogen-bond acceptors (Lipinski definition) is 3. The maximum atomic E-state index is 10.9. The molecule has 0 saturated heterocycles. The zero-order valence-electron chi connectivity index (χ0n) is 8.05. The van der Waals surface area contributed by atoms with E-state index in [-0.39, 0.29) is 5.56 Å². The van der Waals surface area contributed by atoms with Gasteiger partial charge in [0.15, 0.2) is 5.82 Å². The molecular formula is C10H10N4O. The lowest BCUT2D eigenvalue weighted by molar-refractivity contribution is 0.745. The zero-order chi connectivity index (χ0) is 10.3. The Morgan fingerprint density at radius 1 is 1.40 bits per heavy atom. The summed E-state index contributed by atoms with van der Waals surface area (Å²) in [6.45, 7) is 0. The predicted octanol–water partition coefficient (Wildman–Crippen LogP) is 0.968. The number of nitrogens with zero attached hydrogens (tertiary/aromatic N) is 3. The van der Waals surface area contributed by atoms with Gasteiger partial charge in [0.05, 0.1) is 0 Å². The van der Waals surface area contributed by atoms with E-state index in [1.807, 2.05) is 0 Å². The molecule has 0 radical (unpaired) electrons. The highest BCUT2D eigenvalue weighted by atomic mass is 16.1. The highest BCUT2D eigenvalue weighted by Crippen LogP contribution is 2.37. The summed E-state index contributed by atoms with van der Waals surface area (Å²) in [6.07, 6.45) is 5.80. The summed E-state index contributed by atoms with van der Waals surface area (Å²) in [7, 11) is 0. The lowest BCUT2D eigenvalue weighted by Crippen LogP contribution is -2.03. The Labute approximate surface area is 85.8 Å². The maximum Gasteiger partial charge on any atom is 0.247 e. The topological polar surface area (TPSA) is 63.6 Å². The van der Waals surface area contributed by atoms with Gasteiger partial charge in [-0.25, -0.2) is 0 Å². The SMILES string of the molecule is O=c1ccc(-c2nncn2C2CC2)c[nH]1. The van der Waals surface area contributed by atoms with Gasteiger partial charge in [0.25, 0.3) is 0 Å². The maximum absolute atomic E-state index is 10.9. The fourth-order valence-electron chi connectivity index (χ4n) is 1.62. The van der Waals surface area contributed by atoms with Crippen LogP contribution >= 0.6 is 0 Å². The first kappa shape index (κ1) is 8.40. The first-order chi connectivity index (χ1) is 7.34. The molecular weight excluding hydrogens is 192 g/mol. The molecule has 1 aliphatic rings. The largest absolute Gasteiger partial charge is 0.328 e. The van der Waals surface area contributed by atoms with Crippen LogP contribution in [0.2, 0.25) is 0 Å². The molecule has 2 aromatic rings. The van der Waals surface area contributed by atoms with Crippen LogP contribution in [0.1, 0.15) is 18.9 Å². The molecule has 1 fully saturated rings. The molecule has 76 valence electrons. The van der Waals surface area contributed by atoms with E-state index in [0.29, 0.717) is 6.04 Å². The van der Waals surface area contributed by atoms with Crippen LogP contribution in [0, 0.1) is 0 Å². The third kappa shape index (κ3) is 1.45. The molecule has 5 nitrogen and oxygen atoms in total. The summed E-state index contributed by atoms with van der Waals surface area (Å²) in [5.41, 5.74) is 0.801. The Hall–Kier alpha value is -1.91. The van der Waals surface area contributed by atoms with Crippen LogP contribution in [0.25, 0.3) is 11.4 Å². The molecule has 1 saturated carbocycles. The van der Waals surface area contributed by atoms with E-state index in [1.165, 1.54) is 18.9 Å². The second-order valence-electron chi connectivity index (χ2n) is 3.73. The minimum absolute atomic E-state index is 0.101. The van der Waals surface area contributed by atoms with Gasteiger partial charge < -0.3 is 9.55 Å². The fourth-order valence-corrected chi connectivity index (χ4v) is 1.62. The molecule has 0 bridgehead atoms. The van der Waals surface area contributed by atoms with Crippen molar-refractivity contribution in [3.05, 3.63) is 35.0 Å². The average molecular weight is 202 g/mol. The number of hydrogen-bond donors (Lipinski definition) is 1. The van der Waals surface area contributed by atoms with Gasteiger partial charge in [0.2, 0.25) is 5.56 Å². The summed E-state index contributed by atoms with van der Waals surface area (Å²) in [4.78, 5) is 13.6. The summed E-state index contributed by atoms with van der Waals surface area (Å²) in [6, 6.07) is 3.81. The molecule has 2 aromatic heterocycles. The van der Waals surface area contributed by atoms with Crippen LogP contribution in [-0.2, 0) is 0 Å². The fraction of sp³-hybridized carbons (Fsp3) is 0.300. The molecule has 15 heavy (non-hydrogen) atoms. The Kier molecular flexibility index (Phi) is 1.71. The normalized spacial score (nSPS) is 15.5. The number of H-pyrrole nitrogens is 1. The standard InChI is InChI=1S/C10H10N4O/c15-9-4-1-7(5-11-9)10-13-12-6-14(10)8-2-3-8/h1,4-6,8H,2-3H2,(H,11,15). The van der Waals surface area contributed by atoms with Crippen LogP contribution < -0.4 is 5.56 Å². The number of nitrogens with one attached hydrogen (secondary N) is 1. The van der Waals surface area contributed by atoms with Crippen molar-refractivity contribution in [2.75, 3.05) is 0 Å². The molecule has 0 aliphatic heterocycles. The van der Waals surface area contributed by atoms with Crippen LogP contribution in [0.5, 0.6) is 0 Å². The van der Waals surface area contributed by atoms with E-state index in [4.69, 9.17) is 0 Å². The van der Waals surface area contributed by atoms with E-state index in [1.54, 1.807) is 18.6 Å². The molecule has 5 heteroatoms. The predicted molar refractivity (Wildman–Crippen MR) is 54.3 cm³/mol. The van der Waals surface area contributed by atoms with Gasteiger partial charge in [-0.3, -0.25) is 4.79 Å². The smallest absolute Gasteiger partial charge is 0.247 e. The summed E-state index contributed by atoms with van der Waals surface area (Å²) >= 11 is 0. The summed E-state index contributed by atoms with van der Waals surface area (Å²) < 4.78 is 2.06. The quantitative estimate of drug-likeness (QED) is 0.789. The molecule has 0 amide bonds. The average Bonchev–Trinajstić information content (AvgIpc) is 2.98. The molecule has 3 rings (SSSR count). The third-order valence-corrected chi connectivity index (χ3v) is 2.56. The first-order valence-corrected chi connectivity index (χ1v) is 4.93. The summed E-state index contributed by atoms with van der Waals surface area (Å²) in [5.74, 6) is 0.828. The van der Waals surface area contributed by atoms with Crippen LogP contribution in [0.3, 0.4) is 0 Å². The monoisotopic (exact) mass is 202 g/mol. The minimum atomic E-state index is -0.101. The van der Waals surface area contributed by atoms with Crippen molar-refractivity contribution < 1.29 is 0 Å². The molecule has 1 aliphatic carbocycles. The van der Waals surface area contributed by atoms with Gasteiger partial charge in [-0.05, 0) is 18.9 Å². The van der Waals surface area contributed by atoms with Crippen molar-refractivity contribution in [3.8, 4) is 11.4 Å². The number of pyridine rings is 1. The third-order valence-electron chi connectivity index (χ3n) is 2.56. The molecule has 0 unspecified atom stereocenters. The van der Waals surface area contributed by atoms with E-state index in [2.05, 4.69) is 19.7 Å². The van der Waals surface area contributed by atoms with Crippen LogP contribution in [0.4, 0.5) is 0 Å². The first-order valence-electron chi connectivity index (χ1n) is 4.93. The van der Waals surface area contributed by atoms with Crippen molar-refractivity contribution in [1.82, 2.24) is 19.7 Å². The van der Waals surface area contributed by atoms with Crippen molar-refractivity contribution >= 4 is 0 Å². The number of aromatic amines is 1. The van der Waals surface area contributed by atoms with Gasteiger partial charge in [-0.15, -0.1) is 10.2 Å². The van der Waals surface area contributed by atoms with E-state index in [0.717, 1.165) is 11.4 Å². The number of rotatable bonds is 2. The van der Waals surface area contributed by atoms with E-state index < -0.39 is 0 Å². The second kappa shape index (κ2) is 3.05. The van der Waals surface area contributed by atoms with Gasteiger partial charge in [-0.2, -0.15) is 0 Å². The van der Waals surface area contributed by atoms with Crippen LogP contribution in [-0.4, -0.2) is 19.7 Å². The minimum Gasteiger partial charge on any atom is -0.328 e. The Bertz CT molecular complexity index is 518.